The molecule has 6 rings (SSSR count). The Labute approximate surface area is 205 Å². The van der Waals surface area contributed by atoms with Crippen LogP contribution in [-0.4, -0.2) is 47.7 Å². The number of hydrogen-bond acceptors (Lipinski definition) is 4. The molecule has 0 radical (unpaired) electrons. The highest BCUT2D eigenvalue weighted by atomic mass is 19.2. The Kier molecular flexibility index (Phi) is 5.10. The zero-order valence-electron chi connectivity index (χ0n) is 19.2. The Morgan fingerprint density at radius 3 is 2.58 bits per heavy atom. The molecule has 2 amide bonds. The van der Waals surface area contributed by atoms with Crippen molar-refractivity contribution < 1.29 is 28.2 Å². The highest BCUT2D eigenvalue weighted by Crippen LogP contribution is 2.52. The number of hydrogen-bond donors (Lipinski definition) is 2. The van der Waals surface area contributed by atoms with E-state index in [1.165, 1.54) is 4.90 Å². The smallest absolute Gasteiger partial charge is 0.407 e. The van der Waals surface area contributed by atoms with Gasteiger partial charge in [-0.25, -0.2) is 13.6 Å². The second kappa shape index (κ2) is 8.22. The third kappa shape index (κ3) is 3.37. The molecule has 3 aliphatic heterocycles. The summed E-state index contributed by atoms with van der Waals surface area (Å²) < 4.78 is 33.7. The van der Waals surface area contributed by atoms with Gasteiger partial charge in [0.2, 0.25) is 5.91 Å². The van der Waals surface area contributed by atoms with Gasteiger partial charge in [0.15, 0.2) is 11.6 Å². The van der Waals surface area contributed by atoms with Crippen LogP contribution in [0.1, 0.15) is 23.1 Å². The Hall–Kier alpha value is -4.14. The first-order chi connectivity index (χ1) is 17.4. The molecule has 7 nitrogen and oxygen atoms in total. The van der Waals surface area contributed by atoms with Crippen molar-refractivity contribution in [3.8, 4) is 5.75 Å². The Morgan fingerprint density at radius 1 is 1.08 bits per heavy atom. The van der Waals surface area contributed by atoms with Gasteiger partial charge in [-0.1, -0.05) is 30.3 Å². The van der Waals surface area contributed by atoms with Gasteiger partial charge in [0, 0.05) is 42.1 Å². The largest absolute Gasteiger partial charge is 0.491 e. The number of halogens is 2. The molecule has 0 aromatic heterocycles. The first-order valence-electron chi connectivity index (χ1n) is 11.7. The van der Waals surface area contributed by atoms with E-state index in [0.29, 0.717) is 36.4 Å². The molecule has 9 heteroatoms. The SMILES string of the molecule is O=C(O)N1CC[C@@H](Nc2ccc(CN3C(=O)C4(COc5cc(F)c(F)cc54)c4ccccc43)cc2)C1. The first kappa shape index (κ1) is 22.3. The molecular formula is C27H23F2N3O4. The number of carboxylic acid groups (broad SMARTS) is 1. The molecule has 0 aliphatic carbocycles. The maximum Gasteiger partial charge on any atom is 0.407 e. The second-order valence-corrected chi connectivity index (χ2v) is 9.42. The van der Waals surface area contributed by atoms with Gasteiger partial charge in [0.1, 0.15) is 17.8 Å². The van der Waals surface area contributed by atoms with Crippen molar-refractivity contribution in [3.63, 3.8) is 0 Å². The van der Waals surface area contributed by atoms with E-state index in [1.54, 1.807) is 4.90 Å². The Bertz CT molecular complexity index is 1380. The molecule has 3 aromatic carbocycles. The number of amides is 2. The molecule has 2 atom stereocenters. The highest BCUT2D eigenvalue weighted by Gasteiger charge is 2.57. The predicted molar refractivity (Wildman–Crippen MR) is 128 cm³/mol. The normalized spacial score (nSPS) is 22.1. The average Bonchev–Trinajstić information content (AvgIpc) is 3.54. The summed E-state index contributed by atoms with van der Waals surface area (Å²) in [5, 5.41) is 12.5. The third-order valence-corrected chi connectivity index (χ3v) is 7.32. The van der Waals surface area contributed by atoms with Crippen LogP contribution in [0.2, 0.25) is 0 Å². The molecular weight excluding hydrogens is 468 g/mol. The number of rotatable bonds is 4. The fraction of sp³-hybridized carbons (Fsp3) is 0.259. The number of carbonyl (C=O) groups is 2. The molecule has 1 unspecified atom stereocenters. The maximum absolute atomic E-state index is 14.2. The monoisotopic (exact) mass is 491 g/mol. The molecule has 3 aliphatic rings. The summed E-state index contributed by atoms with van der Waals surface area (Å²) in [4.78, 5) is 28.1. The number of fused-ring (bicyclic) bond motifs is 4. The van der Waals surface area contributed by atoms with E-state index >= 15 is 0 Å². The van der Waals surface area contributed by atoms with E-state index in [9.17, 15) is 18.4 Å². The van der Waals surface area contributed by atoms with Crippen LogP contribution in [0.5, 0.6) is 5.75 Å². The van der Waals surface area contributed by atoms with Gasteiger partial charge in [-0.05, 0) is 41.8 Å². The summed E-state index contributed by atoms with van der Waals surface area (Å²) in [6.07, 6.45) is -0.172. The number of nitrogens with one attached hydrogen (secondary N) is 1. The van der Waals surface area contributed by atoms with Gasteiger partial charge in [-0.15, -0.1) is 0 Å². The first-order valence-corrected chi connectivity index (χ1v) is 11.7. The van der Waals surface area contributed by atoms with Crippen molar-refractivity contribution >= 4 is 23.4 Å². The quantitative estimate of drug-likeness (QED) is 0.567. The fourth-order valence-corrected chi connectivity index (χ4v) is 5.50. The molecule has 1 spiro atoms. The van der Waals surface area contributed by atoms with Crippen molar-refractivity contribution in [2.24, 2.45) is 0 Å². The van der Waals surface area contributed by atoms with E-state index in [0.717, 1.165) is 29.8 Å². The second-order valence-electron chi connectivity index (χ2n) is 9.42. The topological polar surface area (TPSA) is 82.1 Å². The average molecular weight is 491 g/mol. The summed E-state index contributed by atoms with van der Waals surface area (Å²) in [7, 11) is 0. The van der Waals surface area contributed by atoms with Gasteiger partial charge in [0.05, 0.1) is 6.54 Å². The molecule has 184 valence electrons. The summed E-state index contributed by atoms with van der Waals surface area (Å²) in [6.45, 7) is 1.22. The van der Waals surface area contributed by atoms with Gasteiger partial charge in [-0.2, -0.15) is 0 Å². The summed E-state index contributed by atoms with van der Waals surface area (Å²) in [5.74, 6) is -2.08. The molecule has 2 N–H and O–H groups in total. The van der Waals surface area contributed by atoms with Crippen LogP contribution in [0.3, 0.4) is 0 Å². The number of anilines is 2. The molecule has 3 aromatic rings. The standard InChI is InChI=1S/C27H23F2N3O4/c28-21-11-20-24(12-22(21)29)36-15-27(20)19-3-1-2-4-23(19)32(25(27)33)13-16-5-7-17(8-6-16)30-18-9-10-31(14-18)26(34)35/h1-8,11-12,18,30H,9-10,13-15H2,(H,34,35)/t18-,27?/m1/s1. The number of carbonyl (C=O) groups excluding carboxylic acids is 1. The summed E-state index contributed by atoms with van der Waals surface area (Å²) in [5.41, 5.74) is 2.31. The fourth-order valence-electron chi connectivity index (χ4n) is 5.50. The number of para-hydroxylation sites is 1. The van der Waals surface area contributed by atoms with Gasteiger partial charge < -0.3 is 25.0 Å². The van der Waals surface area contributed by atoms with Crippen LogP contribution in [0.15, 0.2) is 60.7 Å². The lowest BCUT2D eigenvalue weighted by Gasteiger charge is -2.23. The van der Waals surface area contributed by atoms with E-state index in [2.05, 4.69) is 5.32 Å². The summed E-state index contributed by atoms with van der Waals surface area (Å²) in [6, 6.07) is 17.1. The zero-order chi connectivity index (χ0) is 25.0. The molecule has 36 heavy (non-hydrogen) atoms. The van der Waals surface area contributed by atoms with Crippen LogP contribution in [-0.2, 0) is 16.8 Å². The zero-order valence-corrected chi connectivity index (χ0v) is 19.2. The van der Waals surface area contributed by atoms with Crippen molar-refractivity contribution in [2.75, 3.05) is 29.9 Å². The molecule has 1 saturated heterocycles. The molecule has 3 heterocycles. The maximum atomic E-state index is 14.2. The molecule has 1 fully saturated rings. The van der Waals surface area contributed by atoms with Crippen LogP contribution in [0, 0.1) is 11.6 Å². The van der Waals surface area contributed by atoms with E-state index < -0.39 is 23.1 Å². The number of nitrogens with zero attached hydrogens (tertiary/aromatic N) is 2. The third-order valence-electron chi connectivity index (χ3n) is 7.32. The minimum atomic E-state index is -1.22. The predicted octanol–water partition coefficient (Wildman–Crippen LogP) is 4.35. The van der Waals surface area contributed by atoms with Gasteiger partial charge >= 0.3 is 6.09 Å². The van der Waals surface area contributed by atoms with E-state index in [1.807, 2.05) is 48.5 Å². The minimum Gasteiger partial charge on any atom is -0.491 e. The van der Waals surface area contributed by atoms with E-state index in [4.69, 9.17) is 9.84 Å². The van der Waals surface area contributed by atoms with Crippen molar-refractivity contribution in [1.82, 2.24) is 4.90 Å². The van der Waals surface area contributed by atoms with Crippen molar-refractivity contribution in [3.05, 3.63) is 89.0 Å². The Balaban J connectivity index is 1.25. The molecule has 0 saturated carbocycles. The van der Waals surface area contributed by atoms with E-state index in [-0.39, 0.29) is 24.3 Å². The van der Waals surface area contributed by atoms with Crippen molar-refractivity contribution in [1.29, 1.82) is 0 Å². The van der Waals surface area contributed by atoms with Crippen LogP contribution in [0.25, 0.3) is 0 Å². The lowest BCUT2D eigenvalue weighted by molar-refractivity contribution is -0.122. The Morgan fingerprint density at radius 2 is 1.83 bits per heavy atom. The molecule has 0 bridgehead atoms. The lowest BCUT2D eigenvalue weighted by Crippen LogP contribution is -2.42. The summed E-state index contributed by atoms with van der Waals surface area (Å²) >= 11 is 0. The van der Waals surface area contributed by atoms with Gasteiger partial charge in [0.25, 0.3) is 0 Å². The van der Waals surface area contributed by atoms with Crippen LogP contribution >= 0.6 is 0 Å². The number of likely N-dealkylation sites (tertiary alicyclic amines) is 1. The number of benzene rings is 3. The number of ether oxygens (including phenoxy) is 1. The highest BCUT2D eigenvalue weighted by molar-refractivity contribution is 6.11. The lowest BCUT2D eigenvalue weighted by atomic mass is 9.77. The minimum absolute atomic E-state index is 0.0187. The van der Waals surface area contributed by atoms with Gasteiger partial charge in [-0.3, -0.25) is 4.79 Å². The van der Waals surface area contributed by atoms with Crippen LogP contribution < -0.4 is 15.0 Å². The van der Waals surface area contributed by atoms with Crippen LogP contribution in [0.4, 0.5) is 25.0 Å². The van der Waals surface area contributed by atoms with Crippen molar-refractivity contribution in [2.45, 2.75) is 24.4 Å².